The molecule has 0 aromatic heterocycles. The number of anilines is 1. The van der Waals surface area contributed by atoms with Crippen LogP contribution in [0.2, 0.25) is 0 Å². The number of hydrogen-bond acceptors (Lipinski definition) is 6. The van der Waals surface area contributed by atoms with Crippen LogP contribution in [-0.2, 0) is 26.2 Å². The maximum atomic E-state index is 13.4. The molecule has 1 N–H and O–H groups in total. The Morgan fingerprint density at radius 1 is 1.12 bits per heavy atom. The van der Waals surface area contributed by atoms with Gasteiger partial charge in [-0.1, -0.05) is 28.1 Å². The van der Waals surface area contributed by atoms with E-state index in [0.717, 1.165) is 20.6 Å². The van der Waals surface area contributed by atoms with Crippen molar-refractivity contribution in [2.24, 2.45) is 0 Å². The predicted molar refractivity (Wildman–Crippen MR) is 130 cm³/mol. The average Bonchev–Trinajstić information content (AvgIpc) is 2.78. The molecule has 0 unspecified atom stereocenters. The Labute approximate surface area is 202 Å². The second kappa shape index (κ2) is 11.4. The van der Waals surface area contributed by atoms with Gasteiger partial charge in [0.15, 0.2) is 0 Å². The molecule has 0 saturated heterocycles. The number of carbonyl (C=O) groups is 2. The summed E-state index contributed by atoms with van der Waals surface area (Å²) in [6, 6.07) is 11.1. The zero-order chi connectivity index (χ0) is 24.8. The summed E-state index contributed by atoms with van der Waals surface area (Å²) in [6.07, 6.45) is 1.00. The first-order valence-electron chi connectivity index (χ1n) is 9.97. The molecule has 1 atom stereocenters. The number of nitrogens with one attached hydrogen (secondary N) is 1. The summed E-state index contributed by atoms with van der Waals surface area (Å²) in [6.45, 7) is 1.19. The Hall–Kier alpha value is -2.79. The van der Waals surface area contributed by atoms with Gasteiger partial charge in [-0.25, -0.2) is 8.42 Å². The van der Waals surface area contributed by atoms with Crippen molar-refractivity contribution in [3.8, 4) is 11.5 Å². The summed E-state index contributed by atoms with van der Waals surface area (Å²) in [7, 11) is 0.480. The minimum Gasteiger partial charge on any atom is -0.497 e. The molecule has 11 heteroatoms. The first kappa shape index (κ1) is 26.5. The van der Waals surface area contributed by atoms with Crippen LogP contribution < -0.4 is 19.1 Å². The number of amides is 2. The maximum absolute atomic E-state index is 13.4. The van der Waals surface area contributed by atoms with Crippen LogP contribution in [-0.4, -0.2) is 65.2 Å². The zero-order valence-corrected chi connectivity index (χ0v) is 21.6. The van der Waals surface area contributed by atoms with Crippen LogP contribution in [0.3, 0.4) is 0 Å². The van der Waals surface area contributed by atoms with Crippen molar-refractivity contribution >= 4 is 43.5 Å². The first-order valence-corrected chi connectivity index (χ1v) is 12.6. The van der Waals surface area contributed by atoms with Gasteiger partial charge in [-0.2, -0.15) is 0 Å². The molecule has 0 aliphatic heterocycles. The van der Waals surface area contributed by atoms with Gasteiger partial charge in [0, 0.05) is 24.1 Å². The fourth-order valence-electron chi connectivity index (χ4n) is 3.21. The van der Waals surface area contributed by atoms with E-state index in [9.17, 15) is 18.0 Å². The molecule has 0 saturated carbocycles. The average molecular weight is 542 g/mol. The highest BCUT2D eigenvalue weighted by Gasteiger charge is 2.31. The summed E-state index contributed by atoms with van der Waals surface area (Å²) in [5.74, 6) is -0.217. The molecule has 2 rings (SSSR count). The van der Waals surface area contributed by atoms with E-state index in [-0.39, 0.29) is 23.9 Å². The second-order valence-electron chi connectivity index (χ2n) is 7.25. The number of benzene rings is 2. The lowest BCUT2D eigenvalue weighted by Crippen LogP contribution is -2.50. The maximum Gasteiger partial charge on any atom is 0.244 e. The SMILES string of the molecule is CNC(=O)[C@@H](C)N(Cc1cccc(Br)c1)C(=O)CN(c1ccc(OC)cc1OC)S(C)(=O)=O. The number of methoxy groups -OCH3 is 2. The Balaban J connectivity index is 2.45. The quantitative estimate of drug-likeness (QED) is 0.495. The third-order valence-electron chi connectivity index (χ3n) is 4.99. The number of carbonyl (C=O) groups excluding carboxylic acids is 2. The van der Waals surface area contributed by atoms with Gasteiger partial charge in [0.2, 0.25) is 21.8 Å². The normalized spacial score (nSPS) is 11.9. The largest absolute Gasteiger partial charge is 0.497 e. The van der Waals surface area contributed by atoms with Crippen molar-refractivity contribution in [3.63, 3.8) is 0 Å². The Morgan fingerprint density at radius 3 is 2.36 bits per heavy atom. The zero-order valence-electron chi connectivity index (χ0n) is 19.2. The van der Waals surface area contributed by atoms with Gasteiger partial charge in [-0.05, 0) is 36.8 Å². The molecule has 180 valence electrons. The van der Waals surface area contributed by atoms with Crippen molar-refractivity contribution < 1.29 is 27.5 Å². The number of hydrogen-bond donors (Lipinski definition) is 1. The van der Waals surface area contributed by atoms with Crippen LogP contribution in [0.15, 0.2) is 46.9 Å². The van der Waals surface area contributed by atoms with Crippen LogP contribution in [0.5, 0.6) is 11.5 Å². The molecular formula is C22H28BrN3O6S. The van der Waals surface area contributed by atoms with E-state index in [1.54, 1.807) is 13.0 Å². The number of likely N-dealkylation sites (N-methyl/N-ethyl adjacent to an activating group) is 1. The van der Waals surface area contributed by atoms with Gasteiger partial charge >= 0.3 is 0 Å². The minimum atomic E-state index is -3.87. The number of rotatable bonds is 10. The van der Waals surface area contributed by atoms with Crippen LogP contribution in [0.1, 0.15) is 12.5 Å². The van der Waals surface area contributed by atoms with E-state index >= 15 is 0 Å². The van der Waals surface area contributed by atoms with Gasteiger partial charge in [-0.3, -0.25) is 13.9 Å². The molecule has 0 heterocycles. The van der Waals surface area contributed by atoms with Crippen LogP contribution >= 0.6 is 15.9 Å². The van der Waals surface area contributed by atoms with Crippen molar-refractivity contribution in [2.45, 2.75) is 19.5 Å². The van der Waals surface area contributed by atoms with Gasteiger partial charge in [0.1, 0.15) is 24.1 Å². The van der Waals surface area contributed by atoms with E-state index < -0.39 is 28.5 Å². The lowest BCUT2D eigenvalue weighted by molar-refractivity contribution is -0.139. The lowest BCUT2D eigenvalue weighted by atomic mass is 10.1. The molecule has 0 bridgehead atoms. The molecule has 2 amide bonds. The van der Waals surface area contributed by atoms with Crippen molar-refractivity contribution in [2.75, 3.05) is 38.4 Å². The fraction of sp³-hybridized carbons (Fsp3) is 0.364. The standard InChI is InChI=1S/C22H28BrN3O6S/c1-15(22(28)24-2)25(13-16-7-6-8-17(23)11-16)21(27)14-26(33(5,29)30)19-10-9-18(31-3)12-20(19)32-4/h6-12,15H,13-14H2,1-5H3,(H,24,28)/t15-/m1/s1. The Bertz CT molecular complexity index is 1110. The topological polar surface area (TPSA) is 105 Å². The summed E-state index contributed by atoms with van der Waals surface area (Å²) in [5.41, 5.74) is 0.963. The van der Waals surface area contributed by atoms with Gasteiger partial charge in [0.25, 0.3) is 0 Å². The third kappa shape index (κ3) is 6.84. The molecule has 33 heavy (non-hydrogen) atoms. The summed E-state index contributed by atoms with van der Waals surface area (Å²) in [5, 5.41) is 2.54. The van der Waals surface area contributed by atoms with E-state index in [4.69, 9.17) is 9.47 Å². The van der Waals surface area contributed by atoms with E-state index in [1.165, 1.54) is 38.3 Å². The molecule has 0 fully saturated rings. The number of sulfonamides is 1. The van der Waals surface area contributed by atoms with Crippen molar-refractivity contribution in [3.05, 3.63) is 52.5 Å². The third-order valence-corrected chi connectivity index (χ3v) is 6.61. The minimum absolute atomic E-state index is 0.115. The number of nitrogens with zero attached hydrogens (tertiary/aromatic N) is 2. The monoisotopic (exact) mass is 541 g/mol. The molecule has 2 aromatic rings. The molecule has 9 nitrogen and oxygen atoms in total. The Morgan fingerprint density at radius 2 is 1.82 bits per heavy atom. The Kier molecular flexibility index (Phi) is 9.12. The van der Waals surface area contributed by atoms with Crippen LogP contribution in [0.4, 0.5) is 5.69 Å². The van der Waals surface area contributed by atoms with Crippen LogP contribution in [0, 0.1) is 0 Å². The predicted octanol–water partition coefficient (Wildman–Crippen LogP) is 2.40. The molecule has 0 radical (unpaired) electrons. The molecule has 0 aliphatic carbocycles. The molecular weight excluding hydrogens is 514 g/mol. The number of ether oxygens (including phenoxy) is 2. The molecule has 0 spiro atoms. The molecule has 2 aromatic carbocycles. The highest BCUT2D eigenvalue weighted by molar-refractivity contribution is 9.10. The van der Waals surface area contributed by atoms with Gasteiger partial charge < -0.3 is 19.7 Å². The summed E-state index contributed by atoms with van der Waals surface area (Å²) >= 11 is 3.40. The van der Waals surface area contributed by atoms with E-state index in [2.05, 4.69) is 21.2 Å². The first-order chi connectivity index (χ1) is 15.5. The van der Waals surface area contributed by atoms with Crippen molar-refractivity contribution in [1.82, 2.24) is 10.2 Å². The number of halogens is 1. The lowest BCUT2D eigenvalue weighted by Gasteiger charge is -2.31. The summed E-state index contributed by atoms with van der Waals surface area (Å²) in [4.78, 5) is 27.1. The van der Waals surface area contributed by atoms with Gasteiger partial charge in [0.05, 0.1) is 26.2 Å². The smallest absolute Gasteiger partial charge is 0.244 e. The van der Waals surface area contributed by atoms with E-state index in [0.29, 0.717) is 5.75 Å². The fourth-order valence-corrected chi connectivity index (χ4v) is 4.51. The van der Waals surface area contributed by atoms with Gasteiger partial charge in [-0.15, -0.1) is 0 Å². The molecule has 0 aliphatic rings. The summed E-state index contributed by atoms with van der Waals surface area (Å²) < 4.78 is 37.6. The van der Waals surface area contributed by atoms with Crippen molar-refractivity contribution in [1.29, 1.82) is 0 Å². The van der Waals surface area contributed by atoms with E-state index in [1.807, 2.05) is 24.3 Å². The second-order valence-corrected chi connectivity index (χ2v) is 10.1. The van der Waals surface area contributed by atoms with Crippen LogP contribution in [0.25, 0.3) is 0 Å². The highest BCUT2D eigenvalue weighted by atomic mass is 79.9. The highest BCUT2D eigenvalue weighted by Crippen LogP contribution is 2.33.